The van der Waals surface area contributed by atoms with Crippen molar-refractivity contribution in [2.75, 3.05) is 6.54 Å². The molecule has 0 bridgehead atoms. The second-order valence-corrected chi connectivity index (χ2v) is 3.41. The van der Waals surface area contributed by atoms with Crippen LogP contribution in [0.4, 0.5) is 8.78 Å². The first kappa shape index (κ1) is 11.5. The van der Waals surface area contributed by atoms with Crippen molar-refractivity contribution in [3.63, 3.8) is 0 Å². The lowest BCUT2D eigenvalue weighted by Crippen LogP contribution is -2.19. The van der Waals surface area contributed by atoms with Gasteiger partial charge in [0.25, 0.3) is 0 Å². The maximum Gasteiger partial charge on any atom is 0.348 e. The Morgan fingerprint density at radius 2 is 2.18 bits per heavy atom. The van der Waals surface area contributed by atoms with Crippen molar-refractivity contribution in [1.82, 2.24) is 14.8 Å². The van der Waals surface area contributed by atoms with Gasteiger partial charge in [0.2, 0.25) is 0 Å². The molecule has 1 aromatic heterocycles. The zero-order valence-electron chi connectivity index (χ0n) is 8.78. The number of H-pyrrole nitrogens is 1. The van der Waals surface area contributed by atoms with E-state index in [0.29, 0.717) is 18.3 Å². The third-order valence-electron chi connectivity index (χ3n) is 2.26. The highest BCUT2D eigenvalue weighted by Crippen LogP contribution is 2.14. The molecule has 1 aromatic carbocycles. The molecule has 17 heavy (non-hydrogen) atoms. The minimum atomic E-state index is -0.827. The highest BCUT2D eigenvalue weighted by Gasteiger charge is 2.13. The van der Waals surface area contributed by atoms with Crippen LogP contribution in [0.2, 0.25) is 0 Å². The maximum absolute atomic E-state index is 13.5. The maximum atomic E-state index is 13.5. The highest BCUT2D eigenvalue weighted by atomic mass is 19.1. The number of hydrogen-bond donors (Lipinski definition) is 2. The molecule has 2 rings (SSSR count). The standard InChI is InChI=1S/C10H10F2N4O/c11-6-1-2-8(7(12)5-6)16-9(3-4-13)14-15-10(16)17/h1-2,5H,3-4,13H2,(H,15,17). The van der Waals surface area contributed by atoms with E-state index < -0.39 is 17.3 Å². The molecule has 0 spiro atoms. The van der Waals surface area contributed by atoms with E-state index in [1.165, 1.54) is 6.07 Å². The van der Waals surface area contributed by atoms with E-state index in [1.807, 2.05) is 0 Å². The lowest BCUT2D eigenvalue weighted by Gasteiger charge is -2.05. The Kier molecular flexibility index (Phi) is 3.01. The van der Waals surface area contributed by atoms with Gasteiger partial charge in [-0.1, -0.05) is 0 Å². The van der Waals surface area contributed by atoms with Crippen molar-refractivity contribution in [3.8, 4) is 5.69 Å². The number of nitrogens with one attached hydrogen (secondary N) is 1. The van der Waals surface area contributed by atoms with E-state index >= 15 is 0 Å². The van der Waals surface area contributed by atoms with Gasteiger partial charge in [0.15, 0.2) is 0 Å². The molecule has 0 fully saturated rings. The molecule has 0 amide bonds. The number of halogens is 2. The first-order chi connectivity index (χ1) is 8.13. The van der Waals surface area contributed by atoms with Gasteiger partial charge in [-0.2, -0.15) is 5.10 Å². The molecule has 2 aromatic rings. The Labute approximate surface area is 94.9 Å². The molecule has 1 heterocycles. The molecule has 7 heteroatoms. The van der Waals surface area contributed by atoms with Crippen molar-refractivity contribution < 1.29 is 8.78 Å². The van der Waals surface area contributed by atoms with Crippen LogP contribution in [0.15, 0.2) is 23.0 Å². The lowest BCUT2D eigenvalue weighted by molar-refractivity contribution is 0.575. The summed E-state index contributed by atoms with van der Waals surface area (Å²) in [6.45, 7) is 0.271. The van der Waals surface area contributed by atoms with Gasteiger partial charge >= 0.3 is 5.69 Å². The van der Waals surface area contributed by atoms with Crippen molar-refractivity contribution in [2.24, 2.45) is 5.73 Å². The molecule has 5 nitrogen and oxygen atoms in total. The Morgan fingerprint density at radius 1 is 1.41 bits per heavy atom. The molecule has 0 aliphatic carbocycles. The van der Waals surface area contributed by atoms with E-state index in [2.05, 4.69) is 10.2 Å². The first-order valence-corrected chi connectivity index (χ1v) is 4.95. The predicted molar refractivity (Wildman–Crippen MR) is 56.9 cm³/mol. The van der Waals surface area contributed by atoms with E-state index in [9.17, 15) is 13.6 Å². The van der Waals surface area contributed by atoms with E-state index in [1.54, 1.807) is 0 Å². The molecular formula is C10H10F2N4O. The summed E-state index contributed by atoms with van der Waals surface area (Å²) in [7, 11) is 0. The van der Waals surface area contributed by atoms with Crippen LogP contribution < -0.4 is 11.4 Å². The summed E-state index contributed by atoms with van der Waals surface area (Å²) in [6, 6.07) is 2.96. The van der Waals surface area contributed by atoms with E-state index in [-0.39, 0.29) is 12.2 Å². The molecule has 0 radical (unpaired) electrons. The summed E-state index contributed by atoms with van der Waals surface area (Å²) < 4.78 is 27.4. The van der Waals surface area contributed by atoms with Gasteiger partial charge in [-0.25, -0.2) is 23.2 Å². The first-order valence-electron chi connectivity index (χ1n) is 4.95. The Bertz CT molecular complexity index is 590. The SMILES string of the molecule is NCCc1n[nH]c(=O)n1-c1ccc(F)cc1F. The van der Waals surface area contributed by atoms with Gasteiger partial charge in [-0.3, -0.25) is 0 Å². The highest BCUT2D eigenvalue weighted by molar-refractivity contribution is 5.34. The molecule has 0 saturated heterocycles. The second-order valence-electron chi connectivity index (χ2n) is 3.41. The Morgan fingerprint density at radius 3 is 2.82 bits per heavy atom. The number of nitrogens with two attached hydrogens (primary N) is 1. The van der Waals surface area contributed by atoms with Crippen LogP contribution in [0.5, 0.6) is 0 Å². The molecule has 0 aliphatic rings. The molecule has 90 valence electrons. The van der Waals surface area contributed by atoms with Crippen LogP contribution in [-0.4, -0.2) is 21.3 Å². The summed E-state index contributed by atoms with van der Waals surface area (Å²) in [5, 5.41) is 5.93. The largest absolute Gasteiger partial charge is 0.348 e. The van der Waals surface area contributed by atoms with Gasteiger partial charge in [0.1, 0.15) is 17.5 Å². The fraction of sp³-hybridized carbons (Fsp3) is 0.200. The van der Waals surface area contributed by atoms with Crippen LogP contribution >= 0.6 is 0 Å². The van der Waals surface area contributed by atoms with Crippen molar-refractivity contribution in [3.05, 3.63) is 46.1 Å². The fourth-order valence-electron chi connectivity index (χ4n) is 1.54. The number of rotatable bonds is 3. The summed E-state index contributed by atoms with van der Waals surface area (Å²) in [5.74, 6) is -1.22. The van der Waals surface area contributed by atoms with Gasteiger partial charge < -0.3 is 5.73 Å². The zero-order chi connectivity index (χ0) is 12.4. The second kappa shape index (κ2) is 4.46. The lowest BCUT2D eigenvalue weighted by atomic mass is 10.3. The topological polar surface area (TPSA) is 76.7 Å². The number of benzene rings is 1. The average Bonchev–Trinajstić information content (AvgIpc) is 2.62. The van der Waals surface area contributed by atoms with Gasteiger partial charge in [0.05, 0.1) is 5.69 Å². The minimum Gasteiger partial charge on any atom is -0.330 e. The smallest absolute Gasteiger partial charge is 0.330 e. The van der Waals surface area contributed by atoms with Crippen molar-refractivity contribution >= 4 is 0 Å². The fourth-order valence-corrected chi connectivity index (χ4v) is 1.54. The third kappa shape index (κ3) is 2.09. The molecule has 0 aliphatic heterocycles. The molecule has 3 N–H and O–H groups in total. The normalized spacial score (nSPS) is 10.8. The summed E-state index contributed by atoms with van der Waals surface area (Å²) in [6.07, 6.45) is 0.315. The monoisotopic (exact) mass is 240 g/mol. The number of aromatic amines is 1. The Hall–Kier alpha value is -2.02. The Balaban J connectivity index is 2.59. The molecule has 0 atom stereocenters. The number of aromatic nitrogens is 3. The minimum absolute atomic E-state index is 0.0476. The average molecular weight is 240 g/mol. The van der Waals surface area contributed by atoms with Crippen molar-refractivity contribution in [1.29, 1.82) is 0 Å². The van der Waals surface area contributed by atoms with E-state index in [0.717, 1.165) is 10.6 Å². The quantitative estimate of drug-likeness (QED) is 0.812. The summed E-state index contributed by atoms with van der Waals surface area (Å²) in [5.41, 5.74) is 4.72. The van der Waals surface area contributed by atoms with Crippen LogP contribution in [0.1, 0.15) is 5.82 Å². The van der Waals surface area contributed by atoms with Crippen LogP contribution in [0.3, 0.4) is 0 Å². The molecule has 0 saturated carbocycles. The number of nitrogens with zero attached hydrogens (tertiary/aromatic N) is 2. The zero-order valence-corrected chi connectivity index (χ0v) is 8.78. The van der Waals surface area contributed by atoms with Crippen LogP contribution in [0.25, 0.3) is 5.69 Å². The van der Waals surface area contributed by atoms with Crippen LogP contribution in [-0.2, 0) is 6.42 Å². The van der Waals surface area contributed by atoms with Gasteiger partial charge in [-0.15, -0.1) is 0 Å². The summed E-state index contributed by atoms with van der Waals surface area (Å²) >= 11 is 0. The van der Waals surface area contributed by atoms with Gasteiger partial charge in [0, 0.05) is 12.5 Å². The van der Waals surface area contributed by atoms with Crippen molar-refractivity contribution in [2.45, 2.75) is 6.42 Å². The third-order valence-corrected chi connectivity index (χ3v) is 2.26. The molecular weight excluding hydrogens is 230 g/mol. The molecule has 0 unspecified atom stereocenters. The van der Waals surface area contributed by atoms with Crippen LogP contribution in [0, 0.1) is 11.6 Å². The summed E-state index contributed by atoms with van der Waals surface area (Å²) in [4.78, 5) is 11.5. The van der Waals surface area contributed by atoms with Gasteiger partial charge in [-0.05, 0) is 18.7 Å². The predicted octanol–water partition coefficient (Wildman–Crippen LogP) is 0.340. The number of hydrogen-bond acceptors (Lipinski definition) is 3. The van der Waals surface area contributed by atoms with E-state index in [4.69, 9.17) is 5.73 Å².